The molecule has 4 rings (SSSR count). The van der Waals surface area contributed by atoms with Crippen LogP contribution in [-0.2, 0) is 10.0 Å². The topological polar surface area (TPSA) is 84.5 Å². The molecule has 1 amide bonds. The number of carbonyl (C=O) groups excluding carboxylic acids is 1. The maximum absolute atomic E-state index is 12.6. The highest BCUT2D eigenvalue weighted by Gasteiger charge is 2.41. The van der Waals surface area contributed by atoms with E-state index >= 15 is 0 Å². The number of sulfonamides is 1. The third-order valence-corrected chi connectivity index (χ3v) is 7.16. The maximum atomic E-state index is 12.6. The predicted molar refractivity (Wildman–Crippen MR) is 106 cm³/mol. The molecule has 2 aromatic rings. The molecule has 0 atom stereocenters. The molecule has 6 nitrogen and oxygen atoms in total. The number of rotatable bonds is 3. The van der Waals surface area contributed by atoms with Crippen LogP contribution in [0.15, 0.2) is 53.4 Å². The first-order valence-corrected chi connectivity index (χ1v) is 11.1. The monoisotopic (exact) mass is 420 g/mol. The number of halogens is 1. The molecule has 28 heavy (non-hydrogen) atoms. The standard InChI is InChI=1S/C20H21ClN2O4S/c21-14-5-7-16(8-6-14)28(25,26)23-15-9-11-20(12-10-15)13-22-19(24)17-3-1-2-4-18(17)27-20/h1-8,15,23H,9-13H2,(H,22,24). The van der Waals surface area contributed by atoms with E-state index in [1.807, 2.05) is 12.1 Å². The molecule has 2 aliphatic rings. The second kappa shape index (κ2) is 7.39. The molecule has 1 spiro atoms. The zero-order valence-electron chi connectivity index (χ0n) is 15.2. The van der Waals surface area contributed by atoms with Crippen molar-refractivity contribution in [3.05, 3.63) is 59.1 Å². The van der Waals surface area contributed by atoms with Gasteiger partial charge in [0, 0.05) is 11.1 Å². The fourth-order valence-electron chi connectivity index (χ4n) is 3.79. The zero-order chi connectivity index (χ0) is 19.8. The van der Waals surface area contributed by atoms with Crippen LogP contribution in [0.4, 0.5) is 0 Å². The molecule has 1 heterocycles. The minimum atomic E-state index is -3.60. The number of para-hydroxylation sites is 1. The second-order valence-electron chi connectivity index (χ2n) is 7.31. The van der Waals surface area contributed by atoms with Gasteiger partial charge in [0.05, 0.1) is 17.0 Å². The number of carbonyl (C=O) groups is 1. The van der Waals surface area contributed by atoms with Crippen molar-refractivity contribution < 1.29 is 17.9 Å². The van der Waals surface area contributed by atoms with E-state index in [2.05, 4.69) is 10.0 Å². The lowest BCUT2D eigenvalue weighted by Gasteiger charge is -2.39. The summed E-state index contributed by atoms with van der Waals surface area (Å²) < 4.78 is 34.2. The molecule has 2 aromatic carbocycles. The van der Waals surface area contributed by atoms with Crippen LogP contribution in [0, 0.1) is 0 Å². The summed E-state index contributed by atoms with van der Waals surface area (Å²) in [5.74, 6) is 0.440. The molecule has 0 saturated heterocycles. The average Bonchev–Trinajstić information content (AvgIpc) is 2.81. The third-order valence-electron chi connectivity index (χ3n) is 5.37. The van der Waals surface area contributed by atoms with Gasteiger partial charge in [0.25, 0.3) is 5.91 Å². The van der Waals surface area contributed by atoms with Crippen molar-refractivity contribution >= 4 is 27.5 Å². The summed E-state index contributed by atoms with van der Waals surface area (Å²) in [6.45, 7) is 0.414. The summed E-state index contributed by atoms with van der Waals surface area (Å²) in [4.78, 5) is 12.5. The number of ether oxygens (including phenoxy) is 1. The van der Waals surface area contributed by atoms with Gasteiger partial charge in [-0.3, -0.25) is 4.79 Å². The number of hydrogen-bond acceptors (Lipinski definition) is 4. The highest BCUT2D eigenvalue weighted by atomic mass is 35.5. The predicted octanol–water partition coefficient (Wildman–Crippen LogP) is 3.12. The third kappa shape index (κ3) is 3.87. The molecule has 0 bridgehead atoms. The SMILES string of the molecule is O=C1NCC2(CCC(NS(=O)(=O)c3ccc(Cl)cc3)CC2)Oc2ccccc21. The summed E-state index contributed by atoms with van der Waals surface area (Å²) >= 11 is 5.84. The minimum Gasteiger partial charge on any atom is -0.485 e. The lowest BCUT2D eigenvalue weighted by Crippen LogP contribution is -2.51. The molecule has 148 valence electrons. The number of benzene rings is 2. The van der Waals surface area contributed by atoms with Crippen LogP contribution < -0.4 is 14.8 Å². The van der Waals surface area contributed by atoms with Crippen molar-refractivity contribution in [2.75, 3.05) is 6.54 Å². The van der Waals surface area contributed by atoms with E-state index in [1.165, 1.54) is 12.1 Å². The Labute approximate surface area is 169 Å². The molecule has 1 fully saturated rings. The summed E-state index contributed by atoms with van der Waals surface area (Å²) in [5.41, 5.74) is 0.0229. The molecular formula is C20H21ClN2O4S. The minimum absolute atomic E-state index is 0.141. The van der Waals surface area contributed by atoms with E-state index in [0.717, 1.165) is 0 Å². The Morgan fingerprint density at radius 2 is 1.75 bits per heavy atom. The van der Waals surface area contributed by atoms with Gasteiger partial charge >= 0.3 is 0 Å². The van der Waals surface area contributed by atoms with Crippen molar-refractivity contribution in [3.8, 4) is 5.75 Å². The first-order chi connectivity index (χ1) is 13.4. The number of nitrogens with one attached hydrogen (secondary N) is 2. The van der Waals surface area contributed by atoms with E-state index in [4.69, 9.17) is 16.3 Å². The van der Waals surface area contributed by atoms with Gasteiger partial charge in [-0.2, -0.15) is 0 Å². The van der Waals surface area contributed by atoms with E-state index in [0.29, 0.717) is 48.6 Å². The lowest BCUT2D eigenvalue weighted by molar-refractivity contribution is 0.0287. The second-order valence-corrected chi connectivity index (χ2v) is 9.46. The van der Waals surface area contributed by atoms with E-state index in [1.54, 1.807) is 24.3 Å². The fourth-order valence-corrected chi connectivity index (χ4v) is 5.22. The lowest BCUT2D eigenvalue weighted by atomic mass is 9.82. The van der Waals surface area contributed by atoms with Crippen LogP contribution in [0.5, 0.6) is 5.75 Å². The van der Waals surface area contributed by atoms with Gasteiger partial charge in [0.1, 0.15) is 11.4 Å². The highest BCUT2D eigenvalue weighted by molar-refractivity contribution is 7.89. The van der Waals surface area contributed by atoms with Gasteiger partial charge in [0.15, 0.2) is 0 Å². The van der Waals surface area contributed by atoms with Gasteiger partial charge in [-0.1, -0.05) is 23.7 Å². The summed E-state index contributed by atoms with van der Waals surface area (Å²) in [6, 6.07) is 13.1. The Balaban J connectivity index is 1.45. The summed E-state index contributed by atoms with van der Waals surface area (Å²) in [6.07, 6.45) is 2.56. The van der Waals surface area contributed by atoms with Gasteiger partial charge in [0.2, 0.25) is 10.0 Å². The Bertz CT molecular complexity index is 984. The van der Waals surface area contributed by atoms with Crippen molar-refractivity contribution in [2.45, 2.75) is 42.2 Å². The first-order valence-electron chi connectivity index (χ1n) is 9.21. The van der Waals surface area contributed by atoms with Crippen molar-refractivity contribution in [1.82, 2.24) is 10.0 Å². The van der Waals surface area contributed by atoms with Crippen LogP contribution in [-0.4, -0.2) is 32.5 Å². The summed E-state index contributed by atoms with van der Waals surface area (Å²) in [7, 11) is -3.60. The Morgan fingerprint density at radius 1 is 1.07 bits per heavy atom. The largest absolute Gasteiger partial charge is 0.485 e. The smallest absolute Gasteiger partial charge is 0.255 e. The Morgan fingerprint density at radius 3 is 2.46 bits per heavy atom. The van der Waals surface area contributed by atoms with E-state index in [9.17, 15) is 13.2 Å². The first kappa shape index (κ1) is 19.2. The van der Waals surface area contributed by atoms with Crippen molar-refractivity contribution in [2.24, 2.45) is 0 Å². The average molecular weight is 421 g/mol. The maximum Gasteiger partial charge on any atom is 0.255 e. The molecule has 8 heteroatoms. The molecule has 2 N–H and O–H groups in total. The number of fused-ring (bicyclic) bond motifs is 1. The van der Waals surface area contributed by atoms with E-state index < -0.39 is 15.6 Å². The highest BCUT2D eigenvalue weighted by Crippen LogP contribution is 2.36. The van der Waals surface area contributed by atoms with Crippen molar-refractivity contribution in [3.63, 3.8) is 0 Å². The molecule has 1 aliphatic carbocycles. The van der Waals surface area contributed by atoms with Gasteiger partial charge in [-0.15, -0.1) is 0 Å². The zero-order valence-corrected chi connectivity index (χ0v) is 16.7. The van der Waals surface area contributed by atoms with Gasteiger partial charge in [-0.25, -0.2) is 13.1 Å². The van der Waals surface area contributed by atoms with Crippen LogP contribution in [0.1, 0.15) is 36.0 Å². The fraction of sp³-hybridized carbons (Fsp3) is 0.350. The van der Waals surface area contributed by atoms with Gasteiger partial charge in [-0.05, 0) is 62.1 Å². The number of amides is 1. The normalized spacial score (nSPS) is 24.8. The molecule has 0 radical (unpaired) electrons. The van der Waals surface area contributed by atoms with Crippen LogP contribution >= 0.6 is 11.6 Å². The molecule has 1 aliphatic heterocycles. The van der Waals surface area contributed by atoms with Crippen molar-refractivity contribution in [1.29, 1.82) is 0 Å². The Kier molecular flexibility index (Phi) is 5.07. The Hall–Kier alpha value is -2.09. The van der Waals surface area contributed by atoms with Gasteiger partial charge < -0.3 is 10.1 Å². The van der Waals surface area contributed by atoms with E-state index in [-0.39, 0.29) is 16.8 Å². The molecule has 1 saturated carbocycles. The van der Waals surface area contributed by atoms with Crippen LogP contribution in [0.2, 0.25) is 5.02 Å². The van der Waals surface area contributed by atoms with Crippen LogP contribution in [0.3, 0.4) is 0 Å². The summed E-state index contributed by atoms with van der Waals surface area (Å²) in [5, 5.41) is 3.43. The quantitative estimate of drug-likeness (QED) is 0.798. The molecule has 0 aromatic heterocycles. The number of hydrogen-bond donors (Lipinski definition) is 2. The van der Waals surface area contributed by atoms with Crippen LogP contribution in [0.25, 0.3) is 0 Å². The molecule has 0 unspecified atom stereocenters. The molecular weight excluding hydrogens is 400 g/mol.